The van der Waals surface area contributed by atoms with Gasteiger partial charge in [-0.05, 0) is 62.1 Å². The molecule has 0 spiro atoms. The third-order valence-electron chi connectivity index (χ3n) is 5.83. The first kappa shape index (κ1) is 20.3. The van der Waals surface area contributed by atoms with Crippen molar-refractivity contribution in [3.8, 4) is 11.5 Å². The predicted molar refractivity (Wildman–Crippen MR) is 116 cm³/mol. The number of hydrogen-bond acceptors (Lipinski definition) is 4. The zero-order chi connectivity index (χ0) is 21.4. The van der Waals surface area contributed by atoms with Crippen LogP contribution in [-0.4, -0.2) is 42.3 Å². The Morgan fingerprint density at radius 3 is 2.60 bits per heavy atom. The third-order valence-corrected chi connectivity index (χ3v) is 5.83. The topological polar surface area (TPSA) is 63.8 Å². The average Bonchev–Trinajstić information content (AvgIpc) is 3.33. The highest BCUT2D eigenvalue weighted by molar-refractivity contribution is 6.02. The minimum Gasteiger partial charge on any atom is -0.454 e. The lowest BCUT2D eigenvalue weighted by molar-refractivity contribution is 0.0536. The van der Waals surface area contributed by atoms with E-state index in [1.165, 1.54) is 0 Å². The number of nitrogens with one attached hydrogen (secondary N) is 1. The zero-order valence-electron chi connectivity index (χ0n) is 18.2. The van der Waals surface area contributed by atoms with Crippen LogP contribution in [0.4, 0.5) is 0 Å². The molecule has 0 bridgehead atoms. The maximum atomic E-state index is 13.7. The van der Waals surface area contributed by atoms with Crippen LogP contribution in [0.25, 0.3) is 10.9 Å². The summed E-state index contributed by atoms with van der Waals surface area (Å²) in [5, 5.41) is 1.13. The SMILES string of the molecule is COCC(C)N(Cc1ccc2c(c1)OCO2)C(=O)c1[nH]c2c(C)ccc(C)c2c1C. The van der Waals surface area contributed by atoms with E-state index in [2.05, 4.69) is 31.0 Å². The Hall–Kier alpha value is -2.99. The number of aromatic nitrogens is 1. The monoisotopic (exact) mass is 408 g/mol. The maximum absolute atomic E-state index is 13.7. The van der Waals surface area contributed by atoms with Gasteiger partial charge in [-0.1, -0.05) is 18.2 Å². The van der Waals surface area contributed by atoms with Crippen molar-refractivity contribution in [3.63, 3.8) is 0 Å². The van der Waals surface area contributed by atoms with Crippen molar-refractivity contribution in [3.05, 3.63) is 58.3 Å². The van der Waals surface area contributed by atoms with Crippen LogP contribution in [0.1, 0.15) is 39.7 Å². The summed E-state index contributed by atoms with van der Waals surface area (Å²) in [7, 11) is 1.65. The smallest absolute Gasteiger partial charge is 0.271 e. The van der Waals surface area contributed by atoms with Gasteiger partial charge in [0.1, 0.15) is 5.69 Å². The molecular weight excluding hydrogens is 380 g/mol. The number of carbonyl (C=O) groups excluding carboxylic acids is 1. The Morgan fingerprint density at radius 2 is 1.87 bits per heavy atom. The van der Waals surface area contributed by atoms with Gasteiger partial charge in [-0.3, -0.25) is 4.79 Å². The molecule has 0 saturated carbocycles. The average molecular weight is 408 g/mol. The van der Waals surface area contributed by atoms with E-state index in [1.807, 2.05) is 36.9 Å². The molecule has 0 fully saturated rings. The van der Waals surface area contributed by atoms with Gasteiger partial charge >= 0.3 is 0 Å². The van der Waals surface area contributed by atoms with Crippen molar-refractivity contribution in [2.75, 3.05) is 20.5 Å². The predicted octanol–water partition coefficient (Wildman–Crippen LogP) is 4.50. The number of aromatic amines is 1. The minimum atomic E-state index is -0.0964. The zero-order valence-corrected chi connectivity index (χ0v) is 18.2. The Labute approximate surface area is 176 Å². The molecular formula is C24H28N2O4. The molecule has 1 unspecified atom stereocenters. The van der Waals surface area contributed by atoms with Crippen LogP contribution >= 0.6 is 0 Å². The van der Waals surface area contributed by atoms with Crippen molar-refractivity contribution in [1.82, 2.24) is 9.88 Å². The third kappa shape index (κ3) is 3.52. The first-order chi connectivity index (χ1) is 14.4. The summed E-state index contributed by atoms with van der Waals surface area (Å²) in [6.07, 6.45) is 0. The molecule has 0 radical (unpaired) electrons. The first-order valence-electron chi connectivity index (χ1n) is 10.2. The fourth-order valence-corrected chi connectivity index (χ4v) is 4.15. The van der Waals surface area contributed by atoms with E-state index in [9.17, 15) is 4.79 Å². The molecule has 158 valence electrons. The molecule has 2 heterocycles. The van der Waals surface area contributed by atoms with E-state index in [4.69, 9.17) is 14.2 Å². The summed E-state index contributed by atoms with van der Waals surface area (Å²) in [5.41, 5.74) is 5.92. The number of amides is 1. The second-order valence-electron chi connectivity index (χ2n) is 8.00. The molecule has 1 aliphatic heterocycles. The lowest BCUT2D eigenvalue weighted by Gasteiger charge is -2.29. The van der Waals surface area contributed by atoms with Gasteiger partial charge in [0.05, 0.1) is 12.6 Å². The summed E-state index contributed by atoms with van der Waals surface area (Å²) < 4.78 is 16.3. The Kier molecular flexibility index (Phi) is 5.43. The minimum absolute atomic E-state index is 0.0373. The van der Waals surface area contributed by atoms with Crippen LogP contribution in [0.2, 0.25) is 0 Å². The van der Waals surface area contributed by atoms with E-state index in [1.54, 1.807) is 7.11 Å². The Bertz CT molecular complexity index is 1100. The number of fused-ring (bicyclic) bond motifs is 2. The van der Waals surface area contributed by atoms with Crippen LogP contribution in [0.3, 0.4) is 0 Å². The molecule has 1 amide bonds. The molecule has 2 aromatic carbocycles. The summed E-state index contributed by atoms with van der Waals surface area (Å²) >= 11 is 0. The molecule has 0 saturated heterocycles. The van der Waals surface area contributed by atoms with Crippen LogP contribution in [0.15, 0.2) is 30.3 Å². The highest BCUT2D eigenvalue weighted by atomic mass is 16.7. The van der Waals surface area contributed by atoms with Gasteiger partial charge in [-0.25, -0.2) is 0 Å². The number of ether oxygens (including phenoxy) is 3. The van der Waals surface area contributed by atoms with Gasteiger partial charge in [0.15, 0.2) is 11.5 Å². The molecule has 1 aliphatic rings. The Balaban J connectivity index is 1.71. The van der Waals surface area contributed by atoms with Crippen LogP contribution in [-0.2, 0) is 11.3 Å². The maximum Gasteiger partial charge on any atom is 0.271 e. The molecule has 1 atom stereocenters. The van der Waals surface area contributed by atoms with E-state index in [0.29, 0.717) is 24.6 Å². The number of methoxy groups -OCH3 is 1. The number of H-pyrrole nitrogens is 1. The lowest BCUT2D eigenvalue weighted by atomic mass is 10.0. The van der Waals surface area contributed by atoms with Gasteiger partial charge in [0, 0.05) is 24.6 Å². The van der Waals surface area contributed by atoms with Crippen molar-refractivity contribution in [1.29, 1.82) is 0 Å². The number of aryl methyl sites for hydroxylation is 3. The summed E-state index contributed by atoms with van der Waals surface area (Å²) in [5.74, 6) is 1.41. The van der Waals surface area contributed by atoms with Gasteiger partial charge in [0.2, 0.25) is 6.79 Å². The lowest BCUT2D eigenvalue weighted by Crippen LogP contribution is -2.41. The van der Waals surface area contributed by atoms with E-state index in [0.717, 1.165) is 38.9 Å². The number of hydrogen-bond donors (Lipinski definition) is 1. The second kappa shape index (κ2) is 8.03. The van der Waals surface area contributed by atoms with E-state index >= 15 is 0 Å². The fraction of sp³-hybridized carbons (Fsp3) is 0.375. The summed E-state index contributed by atoms with van der Waals surface area (Å²) in [4.78, 5) is 18.9. The van der Waals surface area contributed by atoms with Crippen LogP contribution in [0.5, 0.6) is 11.5 Å². The molecule has 1 aromatic heterocycles. The second-order valence-corrected chi connectivity index (χ2v) is 8.00. The molecule has 30 heavy (non-hydrogen) atoms. The van der Waals surface area contributed by atoms with E-state index < -0.39 is 0 Å². The Morgan fingerprint density at radius 1 is 1.13 bits per heavy atom. The fourth-order valence-electron chi connectivity index (χ4n) is 4.15. The molecule has 3 aromatic rings. The molecule has 4 rings (SSSR count). The number of nitrogens with zero attached hydrogens (tertiary/aromatic N) is 1. The van der Waals surface area contributed by atoms with E-state index in [-0.39, 0.29) is 18.7 Å². The van der Waals surface area contributed by atoms with Crippen molar-refractivity contribution in [2.45, 2.75) is 40.3 Å². The summed E-state index contributed by atoms with van der Waals surface area (Å²) in [6.45, 7) is 9.29. The number of carbonyl (C=O) groups is 1. The van der Waals surface area contributed by atoms with Gasteiger partial charge < -0.3 is 24.1 Å². The normalized spacial score (nSPS) is 13.6. The number of rotatable bonds is 6. The quantitative estimate of drug-likeness (QED) is 0.652. The largest absolute Gasteiger partial charge is 0.454 e. The molecule has 6 heteroatoms. The summed E-state index contributed by atoms with van der Waals surface area (Å²) in [6, 6.07) is 9.89. The van der Waals surface area contributed by atoms with Gasteiger partial charge in [-0.2, -0.15) is 0 Å². The van der Waals surface area contributed by atoms with Crippen molar-refractivity contribution in [2.24, 2.45) is 0 Å². The molecule has 6 nitrogen and oxygen atoms in total. The van der Waals surface area contributed by atoms with Crippen molar-refractivity contribution >= 4 is 16.8 Å². The van der Waals surface area contributed by atoms with Gasteiger partial charge in [-0.15, -0.1) is 0 Å². The van der Waals surface area contributed by atoms with Crippen LogP contribution in [0, 0.1) is 20.8 Å². The van der Waals surface area contributed by atoms with Crippen molar-refractivity contribution < 1.29 is 19.0 Å². The number of benzene rings is 2. The highest BCUT2D eigenvalue weighted by Gasteiger charge is 2.27. The molecule has 1 N–H and O–H groups in total. The first-order valence-corrected chi connectivity index (χ1v) is 10.2. The van der Waals surface area contributed by atoms with Gasteiger partial charge in [0.25, 0.3) is 5.91 Å². The standard InChI is InChI=1S/C24H28N2O4/c1-14-6-7-15(2)22-21(14)17(4)23(25-22)24(27)26(16(3)12-28-5)11-18-8-9-19-20(10-18)30-13-29-19/h6-10,16,25H,11-13H2,1-5H3. The molecule has 0 aliphatic carbocycles. The highest BCUT2D eigenvalue weighted by Crippen LogP contribution is 2.33. The van der Waals surface area contributed by atoms with Crippen LogP contribution < -0.4 is 9.47 Å².